The second-order valence-corrected chi connectivity index (χ2v) is 4.14. The molecule has 0 spiro atoms. The van der Waals surface area contributed by atoms with Gasteiger partial charge in [0, 0.05) is 12.6 Å². The van der Waals surface area contributed by atoms with Crippen molar-refractivity contribution in [3.63, 3.8) is 0 Å². The van der Waals surface area contributed by atoms with E-state index in [4.69, 9.17) is 5.73 Å². The Hall–Kier alpha value is -1.64. The number of carbonyl (C=O) groups excluding carboxylic acids is 1. The molecule has 0 saturated heterocycles. The molecular weight excluding hydrogens is 200 g/mol. The van der Waals surface area contributed by atoms with Crippen molar-refractivity contribution in [3.05, 3.63) is 35.5 Å². The van der Waals surface area contributed by atoms with Gasteiger partial charge in [-0.2, -0.15) is 0 Å². The summed E-state index contributed by atoms with van der Waals surface area (Å²) in [7, 11) is 0. The molecular formula is C13H16N2O. The summed E-state index contributed by atoms with van der Waals surface area (Å²) in [5.74, 6) is 0.419. The van der Waals surface area contributed by atoms with Crippen molar-refractivity contribution in [1.82, 2.24) is 4.98 Å². The lowest BCUT2D eigenvalue weighted by Gasteiger charge is -2.12. The number of pyridine rings is 1. The Morgan fingerprint density at radius 3 is 3.00 bits per heavy atom. The Kier molecular flexibility index (Phi) is 3.34. The SMILES string of the molecule is Nc1ncccc1C(=O)CC1=CCCCC1. The first kappa shape index (κ1) is 10.9. The molecule has 1 aliphatic rings. The van der Waals surface area contributed by atoms with Crippen molar-refractivity contribution >= 4 is 11.6 Å². The topological polar surface area (TPSA) is 56.0 Å². The van der Waals surface area contributed by atoms with E-state index in [-0.39, 0.29) is 5.78 Å². The fourth-order valence-electron chi connectivity index (χ4n) is 2.02. The molecule has 16 heavy (non-hydrogen) atoms. The van der Waals surface area contributed by atoms with E-state index in [1.165, 1.54) is 18.4 Å². The highest BCUT2D eigenvalue weighted by Crippen LogP contribution is 2.22. The number of allylic oxidation sites excluding steroid dienone is 2. The summed E-state index contributed by atoms with van der Waals surface area (Å²) in [6, 6.07) is 3.49. The van der Waals surface area contributed by atoms with Crippen molar-refractivity contribution in [2.24, 2.45) is 0 Å². The summed E-state index contributed by atoms with van der Waals surface area (Å²) in [6.45, 7) is 0. The predicted octanol–water partition coefficient (Wildman–Crippen LogP) is 2.74. The van der Waals surface area contributed by atoms with Gasteiger partial charge in [0.05, 0.1) is 5.56 Å². The number of nitrogens with two attached hydrogens (primary N) is 1. The van der Waals surface area contributed by atoms with Crippen LogP contribution < -0.4 is 5.73 Å². The van der Waals surface area contributed by atoms with Crippen LogP contribution in [0.15, 0.2) is 30.0 Å². The standard InChI is InChI=1S/C13H16N2O/c14-13-11(7-4-8-15-13)12(16)9-10-5-2-1-3-6-10/h4-5,7-8H,1-3,6,9H2,(H2,14,15). The van der Waals surface area contributed by atoms with Crippen molar-refractivity contribution < 1.29 is 4.79 Å². The maximum absolute atomic E-state index is 12.0. The summed E-state index contributed by atoms with van der Waals surface area (Å²) in [5, 5.41) is 0. The van der Waals surface area contributed by atoms with Gasteiger partial charge in [-0.1, -0.05) is 11.6 Å². The minimum atomic E-state index is 0.0822. The maximum Gasteiger partial charge on any atom is 0.170 e. The number of ketones is 1. The van der Waals surface area contributed by atoms with Crippen LogP contribution in [0.5, 0.6) is 0 Å². The number of nitrogen functional groups attached to an aromatic ring is 1. The first-order chi connectivity index (χ1) is 7.77. The molecule has 0 amide bonds. The first-order valence-electron chi connectivity index (χ1n) is 5.69. The van der Waals surface area contributed by atoms with E-state index in [2.05, 4.69) is 11.1 Å². The van der Waals surface area contributed by atoms with Gasteiger partial charge in [0.25, 0.3) is 0 Å². The van der Waals surface area contributed by atoms with Crippen molar-refractivity contribution in [1.29, 1.82) is 0 Å². The van der Waals surface area contributed by atoms with Crippen molar-refractivity contribution in [3.8, 4) is 0 Å². The normalized spacial score (nSPS) is 15.6. The lowest BCUT2D eigenvalue weighted by Crippen LogP contribution is -2.07. The molecule has 1 aromatic rings. The Bertz CT molecular complexity index is 424. The molecule has 1 heterocycles. The molecule has 0 radical (unpaired) electrons. The van der Waals surface area contributed by atoms with Crippen molar-refractivity contribution in [2.75, 3.05) is 5.73 Å². The summed E-state index contributed by atoms with van der Waals surface area (Å²) >= 11 is 0. The smallest absolute Gasteiger partial charge is 0.170 e. The molecule has 0 atom stereocenters. The Morgan fingerprint density at radius 2 is 2.31 bits per heavy atom. The van der Waals surface area contributed by atoms with Gasteiger partial charge in [-0.3, -0.25) is 4.79 Å². The summed E-state index contributed by atoms with van der Waals surface area (Å²) in [5.41, 5.74) is 7.47. The Labute approximate surface area is 95.4 Å². The second-order valence-electron chi connectivity index (χ2n) is 4.14. The van der Waals surface area contributed by atoms with Crippen LogP contribution in [0.3, 0.4) is 0 Å². The molecule has 0 aromatic carbocycles. The molecule has 3 nitrogen and oxygen atoms in total. The predicted molar refractivity (Wildman–Crippen MR) is 64.1 cm³/mol. The Morgan fingerprint density at radius 1 is 1.44 bits per heavy atom. The summed E-state index contributed by atoms with van der Waals surface area (Å²) < 4.78 is 0. The summed E-state index contributed by atoms with van der Waals surface area (Å²) in [6.07, 6.45) is 8.88. The van der Waals surface area contributed by atoms with Gasteiger partial charge in [0.1, 0.15) is 5.82 Å². The highest BCUT2D eigenvalue weighted by molar-refractivity contribution is 6.01. The third-order valence-corrected chi connectivity index (χ3v) is 2.91. The second kappa shape index (κ2) is 4.92. The zero-order valence-corrected chi connectivity index (χ0v) is 9.28. The zero-order valence-electron chi connectivity index (χ0n) is 9.28. The van der Waals surface area contributed by atoms with E-state index in [9.17, 15) is 4.79 Å². The number of Topliss-reactive ketones (excluding diaryl/α,β-unsaturated/α-hetero) is 1. The maximum atomic E-state index is 12.0. The van der Waals surface area contributed by atoms with Gasteiger partial charge in [0.2, 0.25) is 0 Å². The van der Waals surface area contributed by atoms with E-state index in [0.717, 1.165) is 12.8 Å². The van der Waals surface area contributed by atoms with Gasteiger partial charge in [-0.25, -0.2) is 4.98 Å². The van der Waals surface area contributed by atoms with E-state index in [0.29, 0.717) is 17.8 Å². The highest BCUT2D eigenvalue weighted by atomic mass is 16.1. The lowest BCUT2D eigenvalue weighted by molar-refractivity contribution is 0.0992. The third-order valence-electron chi connectivity index (χ3n) is 2.91. The van der Waals surface area contributed by atoms with E-state index in [1.54, 1.807) is 18.3 Å². The monoisotopic (exact) mass is 216 g/mol. The zero-order chi connectivity index (χ0) is 11.4. The number of nitrogens with zero attached hydrogens (tertiary/aromatic N) is 1. The number of hydrogen-bond donors (Lipinski definition) is 1. The molecule has 1 aliphatic carbocycles. The number of rotatable bonds is 3. The fraction of sp³-hybridized carbons (Fsp3) is 0.385. The lowest BCUT2D eigenvalue weighted by atomic mass is 9.94. The average molecular weight is 216 g/mol. The molecule has 2 rings (SSSR count). The first-order valence-corrected chi connectivity index (χ1v) is 5.69. The van der Waals surface area contributed by atoms with Crippen LogP contribution >= 0.6 is 0 Å². The minimum Gasteiger partial charge on any atom is -0.383 e. The van der Waals surface area contributed by atoms with Gasteiger partial charge >= 0.3 is 0 Å². The average Bonchev–Trinajstić information content (AvgIpc) is 2.31. The number of aromatic nitrogens is 1. The van der Waals surface area contributed by atoms with E-state index >= 15 is 0 Å². The highest BCUT2D eigenvalue weighted by Gasteiger charge is 2.13. The number of hydrogen-bond acceptors (Lipinski definition) is 3. The van der Waals surface area contributed by atoms with Gasteiger partial charge in [-0.05, 0) is 37.8 Å². The van der Waals surface area contributed by atoms with E-state index < -0.39 is 0 Å². The Balaban J connectivity index is 2.08. The quantitative estimate of drug-likeness (QED) is 0.624. The van der Waals surface area contributed by atoms with Gasteiger partial charge in [-0.15, -0.1) is 0 Å². The van der Waals surface area contributed by atoms with Crippen LogP contribution in [0.25, 0.3) is 0 Å². The van der Waals surface area contributed by atoms with Crippen LogP contribution in [0.2, 0.25) is 0 Å². The molecule has 0 aliphatic heterocycles. The molecule has 0 bridgehead atoms. The third kappa shape index (κ3) is 2.48. The molecule has 2 N–H and O–H groups in total. The largest absolute Gasteiger partial charge is 0.383 e. The van der Waals surface area contributed by atoms with E-state index in [1.807, 2.05) is 0 Å². The molecule has 84 valence electrons. The van der Waals surface area contributed by atoms with Crippen LogP contribution in [-0.2, 0) is 0 Å². The van der Waals surface area contributed by atoms with Crippen LogP contribution in [0, 0.1) is 0 Å². The van der Waals surface area contributed by atoms with Gasteiger partial charge in [0.15, 0.2) is 5.78 Å². The molecule has 0 fully saturated rings. The van der Waals surface area contributed by atoms with Crippen LogP contribution in [0.1, 0.15) is 42.5 Å². The number of anilines is 1. The summed E-state index contributed by atoms with van der Waals surface area (Å²) in [4.78, 5) is 15.9. The fourth-order valence-corrected chi connectivity index (χ4v) is 2.02. The minimum absolute atomic E-state index is 0.0822. The van der Waals surface area contributed by atoms with Crippen LogP contribution in [-0.4, -0.2) is 10.8 Å². The van der Waals surface area contributed by atoms with Gasteiger partial charge < -0.3 is 5.73 Å². The van der Waals surface area contributed by atoms with Crippen LogP contribution in [0.4, 0.5) is 5.82 Å². The van der Waals surface area contributed by atoms with Crippen molar-refractivity contribution in [2.45, 2.75) is 32.1 Å². The molecule has 1 aromatic heterocycles. The molecule has 3 heteroatoms. The number of carbonyl (C=O) groups is 1. The molecule has 0 unspecified atom stereocenters. The molecule has 0 saturated carbocycles.